The molecule has 0 unspecified atom stereocenters. The zero-order valence-corrected chi connectivity index (χ0v) is 7.95. The SMILES string of the molecule is OCc1ccc(C(F)(F)F)c(F)c1C(F)(F)F. The normalized spacial score (nSPS) is 12.9. The molecule has 0 bridgehead atoms. The zero-order chi connectivity index (χ0) is 13.4. The summed E-state index contributed by atoms with van der Waals surface area (Å²) >= 11 is 0. The largest absolute Gasteiger partial charge is 0.419 e. The Kier molecular flexibility index (Phi) is 3.37. The van der Waals surface area contributed by atoms with Crippen LogP contribution in [0.2, 0.25) is 0 Å². The van der Waals surface area contributed by atoms with Gasteiger partial charge in [0.1, 0.15) is 5.82 Å². The molecule has 17 heavy (non-hydrogen) atoms. The van der Waals surface area contributed by atoms with E-state index in [0.29, 0.717) is 6.07 Å². The summed E-state index contributed by atoms with van der Waals surface area (Å²) < 4.78 is 86.7. The van der Waals surface area contributed by atoms with Gasteiger partial charge in [0.05, 0.1) is 17.7 Å². The van der Waals surface area contributed by atoms with E-state index < -0.39 is 41.5 Å². The molecule has 1 N–H and O–H groups in total. The van der Waals surface area contributed by atoms with E-state index in [9.17, 15) is 30.7 Å². The summed E-state index contributed by atoms with van der Waals surface area (Å²) in [5, 5.41) is 8.55. The summed E-state index contributed by atoms with van der Waals surface area (Å²) in [4.78, 5) is 0. The predicted molar refractivity (Wildman–Crippen MR) is 42.3 cm³/mol. The van der Waals surface area contributed by atoms with E-state index in [0.717, 1.165) is 0 Å². The second-order valence-electron chi connectivity index (χ2n) is 3.11. The lowest BCUT2D eigenvalue weighted by Gasteiger charge is -2.16. The second kappa shape index (κ2) is 4.17. The molecule has 1 aromatic rings. The third-order valence-electron chi connectivity index (χ3n) is 1.99. The predicted octanol–water partition coefficient (Wildman–Crippen LogP) is 3.36. The van der Waals surface area contributed by atoms with Crippen molar-refractivity contribution in [2.45, 2.75) is 19.0 Å². The number of aliphatic hydroxyl groups excluding tert-OH is 1. The number of aliphatic hydroxyl groups is 1. The van der Waals surface area contributed by atoms with E-state index in [2.05, 4.69) is 0 Å². The lowest BCUT2D eigenvalue weighted by molar-refractivity contribution is -0.148. The molecule has 0 heterocycles. The Hall–Kier alpha value is -1.31. The summed E-state index contributed by atoms with van der Waals surface area (Å²) in [7, 11) is 0. The Morgan fingerprint density at radius 1 is 0.941 bits per heavy atom. The molecule has 0 radical (unpaired) electrons. The molecule has 0 aromatic heterocycles. The van der Waals surface area contributed by atoms with Crippen LogP contribution in [-0.2, 0) is 19.0 Å². The first-order valence-corrected chi connectivity index (χ1v) is 4.15. The molecule has 8 heteroatoms. The van der Waals surface area contributed by atoms with Crippen molar-refractivity contribution in [1.82, 2.24) is 0 Å². The van der Waals surface area contributed by atoms with E-state index in [4.69, 9.17) is 5.11 Å². The van der Waals surface area contributed by atoms with Crippen LogP contribution in [0, 0.1) is 5.82 Å². The summed E-state index contributed by atoms with van der Waals surface area (Å²) in [6, 6.07) is 0.560. The fourth-order valence-electron chi connectivity index (χ4n) is 1.27. The van der Waals surface area contributed by atoms with Gasteiger partial charge in [-0.05, 0) is 11.6 Å². The summed E-state index contributed by atoms with van der Waals surface area (Å²) in [5.74, 6) is -2.42. The summed E-state index contributed by atoms with van der Waals surface area (Å²) in [6.07, 6.45) is -10.5. The average Bonchev–Trinajstić information content (AvgIpc) is 2.12. The lowest BCUT2D eigenvalue weighted by atomic mass is 10.0. The van der Waals surface area contributed by atoms with Crippen LogP contribution >= 0.6 is 0 Å². The van der Waals surface area contributed by atoms with Gasteiger partial charge in [-0.3, -0.25) is 0 Å². The minimum atomic E-state index is -5.30. The monoisotopic (exact) mass is 262 g/mol. The number of benzene rings is 1. The molecule has 0 saturated heterocycles. The highest BCUT2D eigenvalue weighted by atomic mass is 19.4. The molecule has 0 aliphatic heterocycles. The number of hydrogen-bond acceptors (Lipinski definition) is 1. The number of alkyl halides is 6. The van der Waals surface area contributed by atoms with Gasteiger partial charge in [-0.25, -0.2) is 4.39 Å². The van der Waals surface area contributed by atoms with Gasteiger partial charge in [0.15, 0.2) is 0 Å². The van der Waals surface area contributed by atoms with Crippen LogP contribution < -0.4 is 0 Å². The number of hydrogen-bond donors (Lipinski definition) is 1. The maximum atomic E-state index is 13.2. The standard InChI is InChI=1S/C9H5F7O/c10-7-5(8(11,12)13)2-1-4(3-17)6(7)9(14,15)16/h1-2,17H,3H2. The third kappa shape index (κ3) is 2.68. The van der Waals surface area contributed by atoms with Gasteiger partial charge in [0.25, 0.3) is 0 Å². The highest BCUT2D eigenvalue weighted by Gasteiger charge is 2.43. The van der Waals surface area contributed by atoms with Gasteiger partial charge in [0.2, 0.25) is 0 Å². The first-order chi connectivity index (χ1) is 7.59. The number of rotatable bonds is 1. The van der Waals surface area contributed by atoms with E-state index in [1.807, 2.05) is 0 Å². The van der Waals surface area contributed by atoms with Gasteiger partial charge in [-0.2, -0.15) is 26.3 Å². The van der Waals surface area contributed by atoms with E-state index >= 15 is 0 Å². The molecule has 0 amide bonds. The summed E-state index contributed by atoms with van der Waals surface area (Å²) in [5.41, 5.74) is -5.04. The maximum Gasteiger partial charge on any atom is 0.419 e. The van der Waals surface area contributed by atoms with Crippen molar-refractivity contribution in [2.24, 2.45) is 0 Å². The molecule has 0 saturated carbocycles. The van der Waals surface area contributed by atoms with Crippen LogP contribution in [0.3, 0.4) is 0 Å². The topological polar surface area (TPSA) is 20.2 Å². The quantitative estimate of drug-likeness (QED) is 0.769. The van der Waals surface area contributed by atoms with Crippen molar-refractivity contribution in [3.8, 4) is 0 Å². The van der Waals surface area contributed by atoms with Gasteiger partial charge < -0.3 is 5.11 Å². The first kappa shape index (κ1) is 13.8. The molecule has 1 nitrogen and oxygen atoms in total. The van der Waals surface area contributed by atoms with Crippen molar-refractivity contribution in [3.63, 3.8) is 0 Å². The minimum absolute atomic E-state index is 0.163. The van der Waals surface area contributed by atoms with Crippen molar-refractivity contribution < 1.29 is 35.8 Å². The summed E-state index contributed by atoms with van der Waals surface area (Å²) in [6.45, 7) is -1.20. The number of halogens is 7. The Morgan fingerprint density at radius 3 is 1.82 bits per heavy atom. The van der Waals surface area contributed by atoms with Gasteiger partial charge in [0, 0.05) is 0 Å². The van der Waals surface area contributed by atoms with Crippen molar-refractivity contribution >= 4 is 0 Å². The Balaban J connectivity index is 3.55. The average molecular weight is 262 g/mol. The molecule has 0 spiro atoms. The van der Waals surface area contributed by atoms with Gasteiger partial charge >= 0.3 is 12.4 Å². The first-order valence-electron chi connectivity index (χ1n) is 4.15. The fourth-order valence-corrected chi connectivity index (χ4v) is 1.27. The fraction of sp³-hybridized carbons (Fsp3) is 0.333. The molecular formula is C9H5F7O. The smallest absolute Gasteiger partial charge is 0.392 e. The highest BCUT2D eigenvalue weighted by Crippen LogP contribution is 2.40. The van der Waals surface area contributed by atoms with E-state index in [-0.39, 0.29) is 6.07 Å². The minimum Gasteiger partial charge on any atom is -0.392 e. The lowest BCUT2D eigenvalue weighted by Crippen LogP contribution is -2.18. The highest BCUT2D eigenvalue weighted by molar-refractivity contribution is 5.37. The van der Waals surface area contributed by atoms with Crippen molar-refractivity contribution in [3.05, 3.63) is 34.6 Å². The zero-order valence-electron chi connectivity index (χ0n) is 7.95. The van der Waals surface area contributed by atoms with Crippen LogP contribution in [0.1, 0.15) is 16.7 Å². The Morgan fingerprint density at radius 2 is 1.47 bits per heavy atom. The molecule has 1 aromatic carbocycles. The van der Waals surface area contributed by atoms with Gasteiger partial charge in [-0.1, -0.05) is 6.07 Å². The molecule has 0 atom stereocenters. The Labute approximate surface area is 90.5 Å². The van der Waals surface area contributed by atoms with Crippen molar-refractivity contribution in [2.75, 3.05) is 0 Å². The van der Waals surface area contributed by atoms with Crippen LogP contribution in [0.5, 0.6) is 0 Å². The van der Waals surface area contributed by atoms with E-state index in [1.54, 1.807) is 0 Å². The molecule has 0 aliphatic rings. The second-order valence-corrected chi connectivity index (χ2v) is 3.11. The molecule has 96 valence electrons. The van der Waals surface area contributed by atoms with Crippen LogP contribution in [0.4, 0.5) is 30.7 Å². The maximum absolute atomic E-state index is 13.2. The van der Waals surface area contributed by atoms with Crippen LogP contribution in [0.15, 0.2) is 12.1 Å². The van der Waals surface area contributed by atoms with E-state index in [1.165, 1.54) is 0 Å². The Bertz CT molecular complexity index is 419. The molecule has 0 aliphatic carbocycles. The van der Waals surface area contributed by atoms with Crippen LogP contribution in [-0.4, -0.2) is 5.11 Å². The molecular weight excluding hydrogens is 257 g/mol. The third-order valence-corrected chi connectivity index (χ3v) is 1.99. The van der Waals surface area contributed by atoms with Crippen molar-refractivity contribution in [1.29, 1.82) is 0 Å². The molecule has 0 fully saturated rings. The van der Waals surface area contributed by atoms with Gasteiger partial charge in [-0.15, -0.1) is 0 Å². The van der Waals surface area contributed by atoms with Crippen LogP contribution in [0.25, 0.3) is 0 Å². The molecule has 1 rings (SSSR count).